The van der Waals surface area contributed by atoms with Crippen molar-refractivity contribution in [1.82, 2.24) is 14.3 Å². The maximum Gasteiger partial charge on any atom is 0.296 e. The molecule has 0 radical (unpaired) electrons. The van der Waals surface area contributed by atoms with Crippen LogP contribution in [0.5, 0.6) is 0 Å². The Morgan fingerprint density at radius 2 is 1.83 bits per heavy atom. The summed E-state index contributed by atoms with van der Waals surface area (Å²) >= 11 is 1.31. The smallest absolute Gasteiger partial charge is 0.296 e. The SMILES string of the molecule is Cc1c(NN=C(C(N)=O)c2nc3ccccc3s2)c(=O)n(-c2ccccc2)n1C. The molecule has 0 unspecified atom stereocenters. The molecular weight excluding hydrogens is 388 g/mol. The molecule has 0 spiro atoms. The zero-order valence-electron chi connectivity index (χ0n) is 15.8. The van der Waals surface area contributed by atoms with E-state index >= 15 is 0 Å². The predicted molar refractivity (Wildman–Crippen MR) is 115 cm³/mol. The molecule has 0 bridgehead atoms. The summed E-state index contributed by atoms with van der Waals surface area (Å²) in [5.74, 6) is -0.728. The minimum absolute atomic E-state index is 0.0277. The van der Waals surface area contributed by atoms with Crippen LogP contribution >= 0.6 is 11.3 Å². The second-order valence-corrected chi connectivity index (χ2v) is 7.39. The van der Waals surface area contributed by atoms with Crippen molar-refractivity contribution in [2.75, 3.05) is 5.43 Å². The van der Waals surface area contributed by atoms with Gasteiger partial charge in [-0.1, -0.05) is 30.3 Å². The average Bonchev–Trinajstić information content (AvgIpc) is 3.23. The number of carbonyl (C=O) groups is 1. The molecule has 2 aromatic carbocycles. The molecule has 0 saturated carbocycles. The van der Waals surface area contributed by atoms with Gasteiger partial charge in [0.2, 0.25) is 0 Å². The monoisotopic (exact) mass is 406 g/mol. The molecule has 0 aliphatic heterocycles. The van der Waals surface area contributed by atoms with Crippen molar-refractivity contribution in [3.8, 4) is 5.69 Å². The summed E-state index contributed by atoms with van der Waals surface area (Å²) in [4.78, 5) is 29.4. The van der Waals surface area contributed by atoms with E-state index < -0.39 is 5.91 Å². The third-order valence-electron chi connectivity index (χ3n) is 4.56. The number of primary amides is 1. The van der Waals surface area contributed by atoms with E-state index in [4.69, 9.17) is 5.73 Å². The van der Waals surface area contributed by atoms with Crippen LogP contribution < -0.4 is 16.7 Å². The molecule has 2 aromatic heterocycles. The molecule has 0 atom stereocenters. The van der Waals surface area contributed by atoms with E-state index in [2.05, 4.69) is 15.5 Å². The number of para-hydroxylation sites is 2. The molecule has 8 nitrogen and oxygen atoms in total. The van der Waals surface area contributed by atoms with Crippen LogP contribution in [0, 0.1) is 6.92 Å². The van der Waals surface area contributed by atoms with Crippen LogP contribution in [0.4, 0.5) is 5.69 Å². The standard InChI is InChI=1S/C20H18N6O2S/c1-12-16(20(28)26(25(12)2)13-8-4-3-5-9-13)23-24-17(18(21)27)19-22-14-10-6-7-11-15(14)29-19/h3-11,23H,1-2H3,(H2,21,27). The summed E-state index contributed by atoms with van der Waals surface area (Å²) in [6.07, 6.45) is 0. The molecular formula is C20H18N6O2S. The van der Waals surface area contributed by atoms with Gasteiger partial charge in [-0.3, -0.25) is 19.7 Å². The number of carbonyl (C=O) groups excluding carboxylic acids is 1. The topological polar surface area (TPSA) is 107 Å². The summed E-state index contributed by atoms with van der Waals surface area (Å²) in [6.45, 7) is 1.79. The number of anilines is 1. The second-order valence-electron chi connectivity index (χ2n) is 6.36. The number of hydrogen-bond acceptors (Lipinski definition) is 6. The summed E-state index contributed by atoms with van der Waals surface area (Å²) < 4.78 is 4.16. The van der Waals surface area contributed by atoms with Gasteiger partial charge in [0.15, 0.2) is 10.7 Å². The number of benzene rings is 2. The molecule has 0 aliphatic carbocycles. The van der Waals surface area contributed by atoms with Crippen LogP contribution in [0.15, 0.2) is 64.5 Å². The highest BCUT2D eigenvalue weighted by molar-refractivity contribution is 7.21. The van der Waals surface area contributed by atoms with Crippen molar-refractivity contribution in [1.29, 1.82) is 0 Å². The number of rotatable bonds is 5. The van der Waals surface area contributed by atoms with Crippen molar-refractivity contribution in [2.45, 2.75) is 6.92 Å². The lowest BCUT2D eigenvalue weighted by Gasteiger charge is -2.07. The molecule has 29 heavy (non-hydrogen) atoms. The van der Waals surface area contributed by atoms with Crippen LogP contribution in [-0.2, 0) is 11.8 Å². The lowest BCUT2D eigenvalue weighted by molar-refractivity contribution is -0.111. The summed E-state index contributed by atoms with van der Waals surface area (Å²) in [5.41, 5.74) is 10.3. The zero-order chi connectivity index (χ0) is 20.5. The van der Waals surface area contributed by atoms with E-state index in [1.807, 2.05) is 54.6 Å². The minimum atomic E-state index is -0.728. The van der Waals surface area contributed by atoms with Crippen LogP contribution in [0.3, 0.4) is 0 Å². The summed E-state index contributed by atoms with van der Waals surface area (Å²) in [6, 6.07) is 16.8. The normalized spacial score (nSPS) is 11.7. The number of thiazole rings is 1. The molecule has 0 fully saturated rings. The molecule has 146 valence electrons. The number of hydrogen-bond donors (Lipinski definition) is 2. The maximum atomic E-state index is 13.0. The van der Waals surface area contributed by atoms with Crippen molar-refractivity contribution in [2.24, 2.45) is 17.9 Å². The van der Waals surface area contributed by atoms with E-state index in [0.29, 0.717) is 10.7 Å². The molecule has 9 heteroatoms. The number of nitrogens with one attached hydrogen (secondary N) is 1. The molecule has 4 aromatic rings. The number of nitrogens with zero attached hydrogens (tertiary/aromatic N) is 4. The quantitative estimate of drug-likeness (QED) is 0.392. The predicted octanol–water partition coefficient (Wildman–Crippen LogP) is 2.40. The lowest BCUT2D eigenvalue weighted by Crippen LogP contribution is -2.26. The Labute approximate surface area is 169 Å². The molecule has 0 aliphatic rings. The van der Waals surface area contributed by atoms with Gasteiger partial charge in [-0.2, -0.15) is 5.10 Å². The first-order chi connectivity index (χ1) is 14.0. The van der Waals surface area contributed by atoms with E-state index in [-0.39, 0.29) is 17.0 Å². The Hall–Kier alpha value is -3.72. The molecule has 0 saturated heterocycles. The maximum absolute atomic E-state index is 13.0. The first kappa shape index (κ1) is 18.6. The molecule has 1 amide bonds. The minimum Gasteiger partial charge on any atom is -0.364 e. The van der Waals surface area contributed by atoms with Crippen LogP contribution in [-0.4, -0.2) is 26.0 Å². The van der Waals surface area contributed by atoms with Gasteiger partial charge in [0, 0.05) is 7.05 Å². The Balaban J connectivity index is 1.75. The van der Waals surface area contributed by atoms with Crippen molar-refractivity contribution in [3.63, 3.8) is 0 Å². The highest BCUT2D eigenvalue weighted by atomic mass is 32.1. The van der Waals surface area contributed by atoms with Crippen molar-refractivity contribution in [3.05, 3.63) is 75.7 Å². The fraction of sp³-hybridized carbons (Fsp3) is 0.100. The van der Waals surface area contributed by atoms with E-state index in [1.54, 1.807) is 18.7 Å². The van der Waals surface area contributed by atoms with E-state index in [0.717, 1.165) is 15.9 Å². The largest absolute Gasteiger partial charge is 0.364 e. The van der Waals surface area contributed by atoms with Gasteiger partial charge in [-0.05, 0) is 31.2 Å². The van der Waals surface area contributed by atoms with Crippen molar-refractivity contribution < 1.29 is 4.79 Å². The summed E-state index contributed by atoms with van der Waals surface area (Å²) in [5, 5.41) is 4.53. The average molecular weight is 406 g/mol. The summed E-state index contributed by atoms with van der Waals surface area (Å²) in [7, 11) is 1.78. The molecule has 2 heterocycles. The first-order valence-electron chi connectivity index (χ1n) is 8.81. The van der Waals surface area contributed by atoms with Gasteiger partial charge in [0.05, 0.1) is 21.6 Å². The van der Waals surface area contributed by atoms with Gasteiger partial charge in [0.1, 0.15) is 5.69 Å². The highest BCUT2D eigenvalue weighted by Crippen LogP contribution is 2.22. The fourth-order valence-electron chi connectivity index (χ4n) is 2.99. The highest BCUT2D eigenvalue weighted by Gasteiger charge is 2.19. The lowest BCUT2D eigenvalue weighted by atomic mass is 10.3. The van der Waals surface area contributed by atoms with Gasteiger partial charge >= 0.3 is 0 Å². The van der Waals surface area contributed by atoms with Crippen LogP contribution in [0.2, 0.25) is 0 Å². The van der Waals surface area contributed by atoms with Gasteiger partial charge in [-0.25, -0.2) is 9.67 Å². The van der Waals surface area contributed by atoms with Crippen molar-refractivity contribution >= 4 is 38.9 Å². The van der Waals surface area contributed by atoms with Crippen LogP contribution in [0.1, 0.15) is 10.7 Å². The Kier molecular flexibility index (Phi) is 4.73. The molecule has 4 rings (SSSR count). The number of fused-ring (bicyclic) bond motifs is 1. The third kappa shape index (κ3) is 3.32. The fourth-order valence-corrected chi connectivity index (χ4v) is 3.95. The third-order valence-corrected chi connectivity index (χ3v) is 5.61. The van der Waals surface area contributed by atoms with Crippen LogP contribution in [0.25, 0.3) is 15.9 Å². The van der Waals surface area contributed by atoms with Gasteiger partial charge in [-0.15, -0.1) is 11.3 Å². The first-order valence-corrected chi connectivity index (χ1v) is 9.62. The van der Waals surface area contributed by atoms with E-state index in [1.165, 1.54) is 16.0 Å². The number of nitrogens with two attached hydrogens (primary N) is 1. The Bertz CT molecular complexity index is 1270. The number of amides is 1. The second kappa shape index (κ2) is 7.36. The van der Waals surface area contributed by atoms with Gasteiger partial charge < -0.3 is 5.73 Å². The Morgan fingerprint density at radius 1 is 1.14 bits per heavy atom. The number of hydrazone groups is 1. The van der Waals surface area contributed by atoms with E-state index in [9.17, 15) is 9.59 Å². The molecule has 3 N–H and O–H groups in total. The zero-order valence-corrected chi connectivity index (χ0v) is 16.6. The Morgan fingerprint density at radius 3 is 2.52 bits per heavy atom. The van der Waals surface area contributed by atoms with Gasteiger partial charge in [0.25, 0.3) is 11.5 Å². The number of aromatic nitrogens is 3.